The second kappa shape index (κ2) is 6.85. The molecule has 4 heteroatoms. The molecule has 2 saturated heterocycles. The van der Waals surface area contributed by atoms with E-state index in [-0.39, 0.29) is 11.9 Å². The van der Waals surface area contributed by atoms with Gasteiger partial charge in [0.25, 0.3) is 0 Å². The highest BCUT2D eigenvalue weighted by Gasteiger charge is 2.32. The summed E-state index contributed by atoms with van der Waals surface area (Å²) in [5, 5.41) is 3.15. The number of rotatable bonds is 3. The van der Waals surface area contributed by atoms with Gasteiger partial charge >= 0.3 is 0 Å². The highest BCUT2D eigenvalue weighted by molar-refractivity contribution is 5.94. The lowest BCUT2D eigenvalue weighted by Crippen LogP contribution is -2.46. The second-order valence-electron chi connectivity index (χ2n) is 7.68. The summed E-state index contributed by atoms with van der Waals surface area (Å²) in [6.45, 7) is 6.58. The molecule has 0 aromatic heterocycles. The second-order valence-corrected chi connectivity index (χ2v) is 7.68. The molecule has 1 aliphatic carbocycles. The van der Waals surface area contributed by atoms with Crippen molar-refractivity contribution in [3.63, 3.8) is 0 Å². The summed E-state index contributed by atoms with van der Waals surface area (Å²) in [5.74, 6) is 0.138. The van der Waals surface area contributed by atoms with E-state index in [0.717, 1.165) is 25.2 Å². The van der Waals surface area contributed by atoms with E-state index in [0.29, 0.717) is 6.04 Å². The van der Waals surface area contributed by atoms with E-state index < -0.39 is 0 Å². The Kier molecular flexibility index (Phi) is 4.59. The molecule has 24 heavy (non-hydrogen) atoms. The Morgan fingerprint density at radius 1 is 1.12 bits per heavy atom. The molecule has 0 saturated carbocycles. The standard InChI is InChI=1S/C20H29N3O/c1-15(23-12-4-11-22-10-3-7-19(22)14-23)20(24)21-18-9-8-16-5-2-6-17(16)13-18/h8-9,13,15,19H,2-7,10-12,14H2,1H3,(H,21,24)/t15-,19+/m0/s1. The number of hydrogen-bond acceptors (Lipinski definition) is 3. The monoisotopic (exact) mass is 327 g/mol. The van der Waals surface area contributed by atoms with Crippen LogP contribution in [-0.2, 0) is 17.6 Å². The van der Waals surface area contributed by atoms with E-state index in [9.17, 15) is 4.79 Å². The molecule has 2 fully saturated rings. The molecular weight excluding hydrogens is 298 g/mol. The molecule has 2 aliphatic heterocycles. The zero-order valence-corrected chi connectivity index (χ0v) is 14.8. The van der Waals surface area contributed by atoms with Gasteiger partial charge in [0.15, 0.2) is 0 Å². The Morgan fingerprint density at radius 3 is 2.88 bits per heavy atom. The molecule has 1 aromatic rings. The van der Waals surface area contributed by atoms with Gasteiger partial charge in [-0.1, -0.05) is 6.07 Å². The minimum atomic E-state index is -0.0567. The van der Waals surface area contributed by atoms with Gasteiger partial charge in [-0.05, 0) is 81.8 Å². The number of carbonyl (C=O) groups is 1. The molecule has 4 rings (SSSR count). The summed E-state index contributed by atoms with van der Waals surface area (Å²) >= 11 is 0. The number of nitrogens with one attached hydrogen (secondary N) is 1. The van der Waals surface area contributed by atoms with Gasteiger partial charge in [0.2, 0.25) is 5.91 Å². The van der Waals surface area contributed by atoms with E-state index in [1.165, 1.54) is 56.3 Å². The zero-order valence-electron chi connectivity index (χ0n) is 14.8. The van der Waals surface area contributed by atoms with Gasteiger partial charge in [0.05, 0.1) is 6.04 Å². The predicted octanol–water partition coefficient (Wildman–Crippen LogP) is 2.67. The van der Waals surface area contributed by atoms with Gasteiger partial charge in [-0.25, -0.2) is 0 Å². The molecule has 1 aromatic carbocycles. The number of hydrogen-bond donors (Lipinski definition) is 1. The summed E-state index contributed by atoms with van der Waals surface area (Å²) in [7, 11) is 0. The fourth-order valence-electron chi connectivity index (χ4n) is 4.65. The summed E-state index contributed by atoms with van der Waals surface area (Å²) in [5.41, 5.74) is 3.83. The van der Waals surface area contributed by atoms with Gasteiger partial charge in [0.1, 0.15) is 0 Å². The van der Waals surface area contributed by atoms with Crippen LogP contribution in [0.3, 0.4) is 0 Å². The fraction of sp³-hybridized carbons (Fsp3) is 0.650. The molecule has 2 atom stereocenters. The van der Waals surface area contributed by atoms with Gasteiger partial charge in [-0.3, -0.25) is 14.6 Å². The molecule has 2 heterocycles. The van der Waals surface area contributed by atoms with Crippen LogP contribution in [0.5, 0.6) is 0 Å². The van der Waals surface area contributed by atoms with Crippen LogP contribution < -0.4 is 5.32 Å². The molecule has 1 N–H and O–H groups in total. The first-order valence-electron chi connectivity index (χ1n) is 9.61. The van der Waals surface area contributed by atoms with Gasteiger partial charge in [-0.2, -0.15) is 0 Å². The van der Waals surface area contributed by atoms with Crippen LogP contribution >= 0.6 is 0 Å². The van der Waals surface area contributed by atoms with Crippen molar-refractivity contribution in [2.75, 3.05) is 31.5 Å². The zero-order chi connectivity index (χ0) is 16.5. The van der Waals surface area contributed by atoms with Crippen LogP contribution in [-0.4, -0.2) is 54.0 Å². The first kappa shape index (κ1) is 16.1. The minimum absolute atomic E-state index is 0.0567. The topological polar surface area (TPSA) is 35.6 Å². The summed E-state index contributed by atoms with van der Waals surface area (Å²) in [6.07, 6.45) is 7.36. The van der Waals surface area contributed by atoms with Crippen molar-refractivity contribution in [2.45, 2.75) is 57.5 Å². The number of benzene rings is 1. The van der Waals surface area contributed by atoms with Gasteiger partial charge < -0.3 is 5.32 Å². The Bertz CT molecular complexity index is 615. The van der Waals surface area contributed by atoms with Crippen molar-refractivity contribution in [1.82, 2.24) is 9.80 Å². The lowest BCUT2D eigenvalue weighted by Gasteiger charge is -2.29. The van der Waals surface area contributed by atoms with Crippen molar-refractivity contribution in [3.8, 4) is 0 Å². The molecule has 130 valence electrons. The molecule has 0 radical (unpaired) electrons. The molecule has 0 spiro atoms. The lowest BCUT2D eigenvalue weighted by atomic mass is 10.1. The molecule has 4 nitrogen and oxygen atoms in total. The quantitative estimate of drug-likeness (QED) is 0.927. The average molecular weight is 327 g/mol. The van der Waals surface area contributed by atoms with Crippen LogP contribution in [0.4, 0.5) is 5.69 Å². The summed E-state index contributed by atoms with van der Waals surface area (Å²) < 4.78 is 0. The number of anilines is 1. The lowest BCUT2D eigenvalue weighted by molar-refractivity contribution is -0.120. The van der Waals surface area contributed by atoms with E-state index in [1.807, 2.05) is 0 Å². The number of nitrogens with zero attached hydrogens (tertiary/aromatic N) is 2. The highest BCUT2D eigenvalue weighted by Crippen LogP contribution is 2.26. The van der Waals surface area contributed by atoms with Gasteiger partial charge in [0, 0.05) is 24.8 Å². The van der Waals surface area contributed by atoms with Crippen LogP contribution in [0.2, 0.25) is 0 Å². The molecule has 3 aliphatic rings. The number of aryl methyl sites for hydroxylation is 2. The van der Waals surface area contributed by atoms with E-state index >= 15 is 0 Å². The largest absolute Gasteiger partial charge is 0.325 e. The van der Waals surface area contributed by atoms with Gasteiger partial charge in [-0.15, -0.1) is 0 Å². The van der Waals surface area contributed by atoms with Crippen LogP contribution in [0.25, 0.3) is 0 Å². The van der Waals surface area contributed by atoms with Crippen molar-refractivity contribution >= 4 is 11.6 Å². The third kappa shape index (κ3) is 3.22. The van der Waals surface area contributed by atoms with Crippen LogP contribution in [0.1, 0.15) is 43.7 Å². The van der Waals surface area contributed by atoms with Crippen LogP contribution in [0, 0.1) is 0 Å². The third-order valence-electron chi connectivity index (χ3n) is 6.13. The maximum Gasteiger partial charge on any atom is 0.241 e. The van der Waals surface area contributed by atoms with Crippen LogP contribution in [0.15, 0.2) is 18.2 Å². The Hall–Kier alpha value is -1.39. The number of fused-ring (bicyclic) bond motifs is 2. The van der Waals surface area contributed by atoms with E-state index in [1.54, 1.807) is 0 Å². The smallest absolute Gasteiger partial charge is 0.241 e. The SMILES string of the molecule is C[C@@H](C(=O)Nc1ccc2c(c1)CCC2)N1CCCN2CCC[C@@H]2C1. The van der Waals surface area contributed by atoms with E-state index in [4.69, 9.17) is 0 Å². The summed E-state index contributed by atoms with van der Waals surface area (Å²) in [6, 6.07) is 7.02. The first-order chi connectivity index (χ1) is 11.7. The third-order valence-corrected chi connectivity index (χ3v) is 6.13. The Balaban J connectivity index is 1.40. The number of carbonyl (C=O) groups excluding carboxylic acids is 1. The first-order valence-corrected chi connectivity index (χ1v) is 9.61. The normalized spacial score (nSPS) is 25.8. The maximum atomic E-state index is 12.7. The highest BCUT2D eigenvalue weighted by atomic mass is 16.2. The fourth-order valence-corrected chi connectivity index (χ4v) is 4.65. The molecule has 1 amide bonds. The molecular formula is C20H29N3O. The molecule has 0 bridgehead atoms. The predicted molar refractivity (Wildman–Crippen MR) is 97.3 cm³/mol. The van der Waals surface area contributed by atoms with Crippen molar-refractivity contribution in [2.24, 2.45) is 0 Å². The van der Waals surface area contributed by atoms with E-state index in [2.05, 4.69) is 40.2 Å². The summed E-state index contributed by atoms with van der Waals surface area (Å²) in [4.78, 5) is 17.8. The van der Waals surface area contributed by atoms with Crippen molar-refractivity contribution in [3.05, 3.63) is 29.3 Å². The Morgan fingerprint density at radius 2 is 1.96 bits per heavy atom. The van der Waals surface area contributed by atoms with Crippen molar-refractivity contribution < 1.29 is 4.79 Å². The van der Waals surface area contributed by atoms with Crippen molar-refractivity contribution in [1.29, 1.82) is 0 Å². The minimum Gasteiger partial charge on any atom is -0.325 e. The maximum absolute atomic E-state index is 12.7. The average Bonchev–Trinajstić information content (AvgIpc) is 3.18. The number of amides is 1. The molecule has 0 unspecified atom stereocenters. The Labute approximate surface area is 145 Å².